The Morgan fingerprint density at radius 1 is 1.42 bits per heavy atom. The van der Waals surface area contributed by atoms with E-state index in [1.165, 1.54) is 0 Å². The highest BCUT2D eigenvalue weighted by Gasteiger charge is 2.16. The van der Waals surface area contributed by atoms with E-state index in [-0.39, 0.29) is 5.91 Å². The van der Waals surface area contributed by atoms with Crippen LogP contribution < -0.4 is 5.32 Å². The SMILES string of the molecule is CC(CCCC(C)(C)O)CCN1CCCNC(=O)C1. The van der Waals surface area contributed by atoms with E-state index in [1.54, 1.807) is 0 Å². The van der Waals surface area contributed by atoms with Crippen molar-refractivity contribution in [2.24, 2.45) is 5.92 Å². The third kappa shape index (κ3) is 8.22. The van der Waals surface area contributed by atoms with Gasteiger partial charge in [0.2, 0.25) is 5.91 Å². The quantitative estimate of drug-likeness (QED) is 0.741. The second kappa shape index (κ2) is 7.85. The number of nitrogens with zero attached hydrogens (tertiary/aromatic N) is 1. The summed E-state index contributed by atoms with van der Waals surface area (Å²) in [6.45, 7) is 9.41. The minimum absolute atomic E-state index is 0.159. The van der Waals surface area contributed by atoms with Gasteiger partial charge in [-0.2, -0.15) is 0 Å². The highest BCUT2D eigenvalue weighted by atomic mass is 16.3. The number of amides is 1. The van der Waals surface area contributed by atoms with Gasteiger partial charge in [0.05, 0.1) is 12.1 Å². The van der Waals surface area contributed by atoms with Gasteiger partial charge < -0.3 is 10.4 Å². The van der Waals surface area contributed by atoms with E-state index in [9.17, 15) is 9.90 Å². The van der Waals surface area contributed by atoms with Crippen LogP contribution in [-0.4, -0.2) is 47.7 Å². The minimum atomic E-state index is -0.539. The lowest BCUT2D eigenvalue weighted by atomic mass is 9.95. The van der Waals surface area contributed by atoms with Gasteiger partial charge in [0, 0.05) is 13.1 Å². The summed E-state index contributed by atoms with van der Waals surface area (Å²) in [5.74, 6) is 0.820. The maximum absolute atomic E-state index is 11.4. The van der Waals surface area contributed by atoms with Crippen molar-refractivity contribution in [1.82, 2.24) is 10.2 Å². The zero-order valence-corrected chi connectivity index (χ0v) is 12.7. The fourth-order valence-corrected chi connectivity index (χ4v) is 2.49. The largest absolute Gasteiger partial charge is 0.390 e. The second-order valence-corrected chi connectivity index (χ2v) is 6.58. The molecule has 0 saturated carbocycles. The van der Waals surface area contributed by atoms with E-state index in [0.717, 1.165) is 51.7 Å². The molecule has 0 aromatic heterocycles. The molecule has 1 amide bonds. The zero-order chi connectivity index (χ0) is 14.3. The molecule has 2 N–H and O–H groups in total. The average Bonchev–Trinajstić information content (AvgIpc) is 2.49. The summed E-state index contributed by atoms with van der Waals surface area (Å²) < 4.78 is 0. The fraction of sp³-hybridized carbons (Fsp3) is 0.933. The van der Waals surface area contributed by atoms with Crippen molar-refractivity contribution in [3.05, 3.63) is 0 Å². The molecule has 112 valence electrons. The summed E-state index contributed by atoms with van der Waals surface area (Å²) in [6.07, 6.45) is 5.29. The lowest BCUT2D eigenvalue weighted by molar-refractivity contribution is -0.121. The topological polar surface area (TPSA) is 52.6 Å². The molecule has 1 atom stereocenters. The first-order chi connectivity index (χ1) is 8.87. The normalized spacial score (nSPS) is 19.9. The molecular formula is C15H30N2O2. The number of hydrogen-bond acceptors (Lipinski definition) is 3. The number of carbonyl (C=O) groups excluding carboxylic acids is 1. The van der Waals surface area contributed by atoms with Gasteiger partial charge in [-0.25, -0.2) is 0 Å². The van der Waals surface area contributed by atoms with Crippen LogP contribution in [0, 0.1) is 5.92 Å². The Labute approximate surface area is 117 Å². The summed E-state index contributed by atoms with van der Waals surface area (Å²) in [7, 11) is 0. The van der Waals surface area contributed by atoms with Gasteiger partial charge in [-0.1, -0.05) is 19.8 Å². The van der Waals surface area contributed by atoms with E-state index < -0.39 is 5.60 Å². The molecule has 19 heavy (non-hydrogen) atoms. The molecule has 1 fully saturated rings. The standard InChI is InChI=1S/C15H30N2O2/c1-13(6-4-8-15(2,3)19)7-11-17-10-5-9-16-14(18)12-17/h13,19H,4-12H2,1-3H3,(H,16,18). The van der Waals surface area contributed by atoms with Crippen LogP contribution in [0.15, 0.2) is 0 Å². The van der Waals surface area contributed by atoms with Gasteiger partial charge in [0.1, 0.15) is 0 Å². The van der Waals surface area contributed by atoms with Crippen LogP contribution in [0.1, 0.15) is 52.9 Å². The van der Waals surface area contributed by atoms with Crippen LogP contribution in [-0.2, 0) is 4.79 Å². The lowest BCUT2D eigenvalue weighted by Gasteiger charge is -2.22. The van der Waals surface area contributed by atoms with Crippen LogP contribution >= 0.6 is 0 Å². The molecule has 1 saturated heterocycles. The molecule has 0 aromatic carbocycles. The molecular weight excluding hydrogens is 240 g/mol. The molecule has 4 heteroatoms. The molecule has 1 aliphatic heterocycles. The Balaban J connectivity index is 2.15. The number of carbonyl (C=O) groups is 1. The maximum atomic E-state index is 11.4. The first kappa shape index (κ1) is 16.4. The van der Waals surface area contributed by atoms with Gasteiger partial charge in [-0.3, -0.25) is 9.69 Å². The van der Waals surface area contributed by atoms with Gasteiger partial charge in [-0.15, -0.1) is 0 Å². The van der Waals surface area contributed by atoms with E-state index in [2.05, 4.69) is 17.1 Å². The molecule has 0 radical (unpaired) electrons. The zero-order valence-electron chi connectivity index (χ0n) is 12.7. The van der Waals surface area contributed by atoms with Crippen LogP contribution in [0.25, 0.3) is 0 Å². The number of nitrogens with one attached hydrogen (secondary N) is 1. The van der Waals surface area contributed by atoms with Crippen molar-refractivity contribution in [1.29, 1.82) is 0 Å². The Bertz CT molecular complexity index is 274. The van der Waals surface area contributed by atoms with Crippen LogP contribution in [0.4, 0.5) is 0 Å². The monoisotopic (exact) mass is 270 g/mol. The van der Waals surface area contributed by atoms with Crippen molar-refractivity contribution in [2.45, 2.75) is 58.5 Å². The van der Waals surface area contributed by atoms with Gasteiger partial charge >= 0.3 is 0 Å². The van der Waals surface area contributed by atoms with E-state index in [4.69, 9.17) is 0 Å². The van der Waals surface area contributed by atoms with Crippen molar-refractivity contribution in [3.8, 4) is 0 Å². The maximum Gasteiger partial charge on any atom is 0.234 e. The second-order valence-electron chi connectivity index (χ2n) is 6.58. The highest BCUT2D eigenvalue weighted by molar-refractivity contribution is 5.78. The summed E-state index contributed by atoms with van der Waals surface area (Å²) >= 11 is 0. The predicted octanol–water partition coefficient (Wildman–Crippen LogP) is 1.78. The smallest absolute Gasteiger partial charge is 0.234 e. The molecule has 4 nitrogen and oxygen atoms in total. The molecule has 0 spiro atoms. The number of hydrogen-bond donors (Lipinski definition) is 2. The third-order valence-electron chi connectivity index (χ3n) is 3.76. The number of aliphatic hydroxyl groups is 1. The van der Waals surface area contributed by atoms with E-state index in [1.807, 2.05) is 13.8 Å². The highest BCUT2D eigenvalue weighted by Crippen LogP contribution is 2.18. The van der Waals surface area contributed by atoms with Crippen molar-refractivity contribution >= 4 is 5.91 Å². The lowest BCUT2D eigenvalue weighted by Crippen LogP contribution is -2.34. The molecule has 1 rings (SSSR count). The number of rotatable bonds is 7. The molecule has 0 aromatic rings. The summed E-state index contributed by atoms with van der Waals surface area (Å²) in [5.41, 5.74) is -0.539. The van der Waals surface area contributed by atoms with Crippen molar-refractivity contribution in [2.75, 3.05) is 26.2 Å². The summed E-state index contributed by atoms with van der Waals surface area (Å²) in [6, 6.07) is 0. The minimum Gasteiger partial charge on any atom is -0.390 e. The fourth-order valence-electron chi connectivity index (χ4n) is 2.49. The average molecular weight is 270 g/mol. The summed E-state index contributed by atoms with van der Waals surface area (Å²) in [5, 5.41) is 12.6. The predicted molar refractivity (Wildman–Crippen MR) is 78.0 cm³/mol. The van der Waals surface area contributed by atoms with Crippen LogP contribution in [0.2, 0.25) is 0 Å². The van der Waals surface area contributed by atoms with Crippen LogP contribution in [0.5, 0.6) is 0 Å². The van der Waals surface area contributed by atoms with Crippen molar-refractivity contribution < 1.29 is 9.90 Å². The molecule has 1 heterocycles. The van der Waals surface area contributed by atoms with Gasteiger partial charge in [0.15, 0.2) is 0 Å². The Morgan fingerprint density at radius 2 is 2.16 bits per heavy atom. The summed E-state index contributed by atoms with van der Waals surface area (Å²) in [4.78, 5) is 13.7. The molecule has 0 bridgehead atoms. The molecule has 0 aliphatic carbocycles. The van der Waals surface area contributed by atoms with E-state index in [0.29, 0.717) is 12.5 Å². The van der Waals surface area contributed by atoms with Crippen molar-refractivity contribution in [3.63, 3.8) is 0 Å². The first-order valence-electron chi connectivity index (χ1n) is 7.58. The Hall–Kier alpha value is -0.610. The molecule has 1 unspecified atom stereocenters. The first-order valence-corrected chi connectivity index (χ1v) is 7.58. The van der Waals surface area contributed by atoms with Gasteiger partial charge in [-0.05, 0) is 45.6 Å². The van der Waals surface area contributed by atoms with E-state index >= 15 is 0 Å². The Kier molecular flexibility index (Phi) is 6.80. The molecule has 1 aliphatic rings. The van der Waals surface area contributed by atoms with Crippen LogP contribution in [0.3, 0.4) is 0 Å². The van der Waals surface area contributed by atoms with Gasteiger partial charge in [0.25, 0.3) is 0 Å². The Morgan fingerprint density at radius 3 is 2.84 bits per heavy atom. The third-order valence-corrected chi connectivity index (χ3v) is 3.76.